The van der Waals surface area contributed by atoms with Gasteiger partial charge >= 0.3 is 6.61 Å². The predicted octanol–water partition coefficient (Wildman–Crippen LogP) is 4.13. The summed E-state index contributed by atoms with van der Waals surface area (Å²) in [4.78, 5) is 32.3. The fourth-order valence-electron chi connectivity index (χ4n) is 4.47. The molecule has 0 unspecified atom stereocenters. The first-order valence-corrected chi connectivity index (χ1v) is 12.3. The molecule has 0 spiro atoms. The van der Waals surface area contributed by atoms with Crippen LogP contribution < -0.4 is 24.4 Å². The fourth-order valence-corrected chi connectivity index (χ4v) is 4.47. The summed E-state index contributed by atoms with van der Waals surface area (Å²) < 4.78 is 69.9. The Morgan fingerprint density at radius 1 is 1.02 bits per heavy atom. The van der Waals surface area contributed by atoms with Crippen LogP contribution in [0.3, 0.4) is 0 Å². The number of carbonyl (C=O) groups is 2. The molecule has 9 nitrogen and oxygen atoms in total. The lowest BCUT2D eigenvalue weighted by molar-refractivity contribution is -0.118. The van der Waals surface area contributed by atoms with Crippen molar-refractivity contribution in [1.82, 2.24) is 10.3 Å². The van der Waals surface area contributed by atoms with Gasteiger partial charge in [0.15, 0.2) is 0 Å². The SMILES string of the molecule is COc1cc(N2C[C@@H](c3c(F)cc(OC)cc3F)[C@H](NC(=O)c3ccc(OC(F)F)cc3)C2=O)nc(C(C)(C)O)c1. The molecule has 41 heavy (non-hydrogen) atoms. The number of hydrogen-bond donors (Lipinski definition) is 2. The summed E-state index contributed by atoms with van der Waals surface area (Å²) >= 11 is 0. The third-order valence-corrected chi connectivity index (χ3v) is 6.53. The van der Waals surface area contributed by atoms with Crippen molar-refractivity contribution in [3.63, 3.8) is 0 Å². The van der Waals surface area contributed by atoms with Gasteiger partial charge in [0.05, 0.1) is 19.9 Å². The molecule has 0 bridgehead atoms. The number of nitrogens with zero attached hydrogens (tertiary/aromatic N) is 2. The second-order valence-electron chi connectivity index (χ2n) is 9.72. The van der Waals surface area contributed by atoms with E-state index in [1.54, 1.807) is 0 Å². The van der Waals surface area contributed by atoms with E-state index in [9.17, 15) is 23.5 Å². The lowest BCUT2D eigenvalue weighted by atomic mass is 9.92. The van der Waals surface area contributed by atoms with Gasteiger partial charge in [0.1, 0.15) is 46.3 Å². The van der Waals surface area contributed by atoms with Crippen LogP contribution in [-0.4, -0.2) is 55.3 Å². The first-order chi connectivity index (χ1) is 19.3. The van der Waals surface area contributed by atoms with E-state index < -0.39 is 53.2 Å². The molecule has 2 heterocycles. The Balaban J connectivity index is 1.74. The molecule has 1 saturated heterocycles. The minimum Gasteiger partial charge on any atom is -0.497 e. The van der Waals surface area contributed by atoms with Gasteiger partial charge in [-0.1, -0.05) is 0 Å². The molecule has 13 heteroatoms. The summed E-state index contributed by atoms with van der Waals surface area (Å²) in [7, 11) is 2.62. The Morgan fingerprint density at radius 3 is 2.15 bits per heavy atom. The molecule has 2 amide bonds. The molecule has 4 rings (SSSR count). The van der Waals surface area contributed by atoms with Gasteiger partial charge < -0.3 is 24.6 Å². The highest BCUT2D eigenvalue weighted by Gasteiger charge is 2.46. The molecule has 1 aliphatic rings. The second-order valence-corrected chi connectivity index (χ2v) is 9.72. The summed E-state index contributed by atoms with van der Waals surface area (Å²) in [6.45, 7) is -0.392. The van der Waals surface area contributed by atoms with Crippen molar-refractivity contribution in [2.75, 3.05) is 25.7 Å². The molecule has 0 radical (unpaired) electrons. The number of carbonyl (C=O) groups excluding carboxylic acids is 2. The lowest BCUT2D eigenvalue weighted by Gasteiger charge is -2.22. The van der Waals surface area contributed by atoms with Gasteiger partial charge in [-0.3, -0.25) is 14.5 Å². The number of hydrogen-bond acceptors (Lipinski definition) is 7. The largest absolute Gasteiger partial charge is 0.497 e. The summed E-state index contributed by atoms with van der Waals surface area (Å²) in [5, 5.41) is 13.0. The quantitative estimate of drug-likeness (QED) is 0.368. The monoisotopic (exact) mass is 577 g/mol. The van der Waals surface area contributed by atoms with Crippen LogP contribution in [-0.2, 0) is 10.4 Å². The number of nitrogens with one attached hydrogen (secondary N) is 1. The predicted molar refractivity (Wildman–Crippen MR) is 138 cm³/mol. The third-order valence-electron chi connectivity index (χ3n) is 6.53. The Hall–Kier alpha value is -4.39. The van der Waals surface area contributed by atoms with E-state index in [0.717, 1.165) is 29.2 Å². The van der Waals surface area contributed by atoms with E-state index in [1.807, 2.05) is 0 Å². The topological polar surface area (TPSA) is 110 Å². The second kappa shape index (κ2) is 11.6. The van der Waals surface area contributed by atoms with E-state index in [1.165, 1.54) is 52.3 Å². The van der Waals surface area contributed by atoms with Crippen molar-refractivity contribution in [3.8, 4) is 17.2 Å². The molecular weight excluding hydrogens is 550 g/mol. The average Bonchev–Trinajstić information content (AvgIpc) is 3.22. The first-order valence-electron chi connectivity index (χ1n) is 12.3. The minimum absolute atomic E-state index is 0.0175. The molecule has 3 aromatic rings. The smallest absolute Gasteiger partial charge is 0.387 e. The zero-order valence-corrected chi connectivity index (χ0v) is 22.5. The van der Waals surface area contributed by atoms with E-state index in [-0.39, 0.29) is 40.9 Å². The van der Waals surface area contributed by atoms with Crippen molar-refractivity contribution in [1.29, 1.82) is 0 Å². The van der Waals surface area contributed by atoms with Crippen LogP contribution in [0.1, 0.15) is 41.4 Å². The van der Waals surface area contributed by atoms with Gasteiger partial charge in [0.25, 0.3) is 11.8 Å². The molecular formula is C28H27F4N3O6. The number of methoxy groups -OCH3 is 2. The van der Waals surface area contributed by atoms with Crippen molar-refractivity contribution < 1.29 is 46.5 Å². The number of alkyl halides is 2. The van der Waals surface area contributed by atoms with Gasteiger partial charge in [-0.2, -0.15) is 8.78 Å². The van der Waals surface area contributed by atoms with E-state index in [4.69, 9.17) is 9.47 Å². The number of benzene rings is 2. The molecule has 1 aliphatic heterocycles. The van der Waals surface area contributed by atoms with Crippen molar-refractivity contribution in [2.45, 2.75) is 38.0 Å². The van der Waals surface area contributed by atoms with Crippen LogP contribution in [0, 0.1) is 11.6 Å². The van der Waals surface area contributed by atoms with Crippen molar-refractivity contribution in [2.24, 2.45) is 0 Å². The summed E-state index contributed by atoms with van der Waals surface area (Å²) in [5.41, 5.74) is -1.74. The van der Waals surface area contributed by atoms with Crippen LogP contribution in [0.15, 0.2) is 48.5 Å². The molecule has 2 atom stereocenters. The number of ether oxygens (including phenoxy) is 3. The zero-order valence-electron chi connectivity index (χ0n) is 22.5. The van der Waals surface area contributed by atoms with Crippen LogP contribution >= 0.6 is 0 Å². The standard InChI is InChI=1S/C28H27F4N3O6/c1-28(2,38)21-11-17(40-4)12-22(33-21)35-13-18(23-19(29)9-16(39-3)10-20(23)30)24(26(35)37)34-25(36)14-5-7-15(8-6-14)41-27(31)32/h5-12,18,24,27,38H,13H2,1-4H3,(H,34,36)/t18-,24-/m0/s1. The number of rotatable bonds is 9. The van der Waals surface area contributed by atoms with Gasteiger partial charge in [-0.25, -0.2) is 13.8 Å². The molecule has 2 N–H and O–H groups in total. The fraction of sp³-hybridized carbons (Fsp3) is 0.321. The molecule has 2 aromatic carbocycles. The van der Waals surface area contributed by atoms with Crippen LogP contribution in [0.5, 0.6) is 17.2 Å². The summed E-state index contributed by atoms with van der Waals surface area (Å²) in [6, 6.07) is 8.04. The number of halogens is 4. The third kappa shape index (κ3) is 6.35. The van der Waals surface area contributed by atoms with Crippen LogP contribution in [0.25, 0.3) is 0 Å². The van der Waals surface area contributed by atoms with Gasteiger partial charge in [-0.05, 0) is 38.1 Å². The molecule has 0 aliphatic carbocycles. The van der Waals surface area contributed by atoms with E-state index in [2.05, 4.69) is 15.0 Å². The maximum Gasteiger partial charge on any atom is 0.387 e. The number of amides is 2. The normalized spacial score (nSPS) is 17.1. The van der Waals surface area contributed by atoms with Gasteiger partial charge in [0, 0.05) is 47.9 Å². The summed E-state index contributed by atoms with van der Waals surface area (Å²) in [6.07, 6.45) is 0. The Bertz CT molecular complexity index is 1420. The minimum atomic E-state index is -3.06. The Kier molecular flexibility index (Phi) is 8.38. The van der Waals surface area contributed by atoms with E-state index >= 15 is 8.78 Å². The van der Waals surface area contributed by atoms with Crippen molar-refractivity contribution >= 4 is 17.6 Å². The zero-order chi connectivity index (χ0) is 30.1. The van der Waals surface area contributed by atoms with Crippen molar-refractivity contribution in [3.05, 3.63) is 77.0 Å². The highest BCUT2D eigenvalue weighted by Crippen LogP contribution is 2.37. The molecule has 1 aromatic heterocycles. The van der Waals surface area contributed by atoms with Gasteiger partial charge in [-0.15, -0.1) is 0 Å². The molecule has 218 valence electrons. The first kappa shape index (κ1) is 29.6. The van der Waals surface area contributed by atoms with E-state index in [0.29, 0.717) is 0 Å². The Labute approximate surface area is 232 Å². The molecule has 0 saturated carbocycles. The number of aliphatic hydroxyl groups is 1. The summed E-state index contributed by atoms with van der Waals surface area (Å²) in [5.74, 6) is -4.74. The number of pyridine rings is 1. The average molecular weight is 578 g/mol. The maximum absolute atomic E-state index is 15.2. The number of anilines is 1. The van der Waals surface area contributed by atoms with Crippen LogP contribution in [0.4, 0.5) is 23.4 Å². The lowest BCUT2D eigenvalue weighted by Crippen LogP contribution is -2.44. The maximum atomic E-state index is 15.2. The highest BCUT2D eigenvalue weighted by atomic mass is 19.3. The molecule has 1 fully saturated rings. The Morgan fingerprint density at radius 2 is 1.61 bits per heavy atom. The highest BCUT2D eigenvalue weighted by molar-refractivity contribution is 6.04. The number of aromatic nitrogens is 1. The van der Waals surface area contributed by atoms with Crippen LogP contribution in [0.2, 0.25) is 0 Å². The van der Waals surface area contributed by atoms with Gasteiger partial charge in [0.2, 0.25) is 0 Å².